The smallest absolute Gasteiger partial charge is 0.309 e. The summed E-state index contributed by atoms with van der Waals surface area (Å²) in [6, 6.07) is 6.85. The van der Waals surface area contributed by atoms with E-state index in [1.807, 2.05) is 0 Å². The first-order valence-corrected chi connectivity index (χ1v) is 5.99. The quantitative estimate of drug-likeness (QED) is 0.772. The van der Waals surface area contributed by atoms with Crippen LogP contribution in [0.15, 0.2) is 24.3 Å². The van der Waals surface area contributed by atoms with E-state index in [9.17, 15) is 9.59 Å². The van der Waals surface area contributed by atoms with E-state index in [1.165, 1.54) is 6.92 Å². The fourth-order valence-electron chi connectivity index (χ4n) is 1.51. The Morgan fingerprint density at radius 2 is 2.11 bits per heavy atom. The van der Waals surface area contributed by atoms with Gasteiger partial charge in [-0.1, -0.05) is 23.7 Å². The first-order chi connectivity index (χ1) is 8.52. The van der Waals surface area contributed by atoms with E-state index in [4.69, 9.17) is 21.1 Å². The zero-order valence-corrected chi connectivity index (χ0v) is 11.1. The lowest BCUT2D eigenvalue weighted by atomic mass is 10.1. The Morgan fingerprint density at radius 1 is 1.39 bits per heavy atom. The van der Waals surface area contributed by atoms with Crippen molar-refractivity contribution in [3.8, 4) is 0 Å². The molecule has 0 amide bonds. The molecule has 1 aromatic rings. The summed E-state index contributed by atoms with van der Waals surface area (Å²) in [5.74, 6) is -0.868. The molecule has 0 radical (unpaired) electrons. The largest absolute Gasteiger partial charge is 0.466 e. The molecule has 0 fully saturated rings. The first kappa shape index (κ1) is 14.5. The van der Waals surface area contributed by atoms with Crippen LogP contribution in [-0.2, 0) is 19.1 Å². The number of carbonyl (C=O) groups excluding carboxylic acids is 2. The lowest BCUT2D eigenvalue weighted by molar-refractivity contribution is -0.153. The summed E-state index contributed by atoms with van der Waals surface area (Å²) < 4.78 is 9.95. The van der Waals surface area contributed by atoms with Crippen molar-refractivity contribution < 1.29 is 19.1 Å². The van der Waals surface area contributed by atoms with Crippen molar-refractivity contribution in [1.29, 1.82) is 0 Å². The van der Waals surface area contributed by atoms with Crippen LogP contribution in [0.3, 0.4) is 0 Å². The molecular formula is C13H15ClO4. The molecular weight excluding hydrogens is 256 g/mol. The summed E-state index contributed by atoms with van der Waals surface area (Å²) in [6.07, 6.45) is -0.687. The lowest BCUT2D eigenvalue weighted by Crippen LogP contribution is -2.15. The Kier molecular flexibility index (Phi) is 5.65. The molecule has 0 aliphatic heterocycles. The molecule has 0 heterocycles. The monoisotopic (exact) mass is 270 g/mol. The zero-order valence-electron chi connectivity index (χ0n) is 10.3. The standard InChI is InChI=1S/C13H15ClO4/c1-3-17-13(16)8-12(18-9(2)15)10-5-4-6-11(14)7-10/h4-7,12H,3,8H2,1-2H3. The number of halogens is 1. The number of hydrogen-bond acceptors (Lipinski definition) is 4. The van der Waals surface area contributed by atoms with Crippen molar-refractivity contribution in [3.63, 3.8) is 0 Å². The van der Waals surface area contributed by atoms with Gasteiger partial charge in [0, 0.05) is 11.9 Å². The molecule has 0 aliphatic carbocycles. The van der Waals surface area contributed by atoms with Crippen LogP contribution in [0.25, 0.3) is 0 Å². The summed E-state index contributed by atoms with van der Waals surface area (Å²) >= 11 is 5.87. The third-order valence-corrected chi connectivity index (χ3v) is 2.42. The Balaban J connectivity index is 2.84. The van der Waals surface area contributed by atoms with Crippen LogP contribution in [0, 0.1) is 0 Å². The molecule has 4 nitrogen and oxygen atoms in total. The maximum absolute atomic E-state index is 11.4. The maximum atomic E-state index is 11.4. The van der Waals surface area contributed by atoms with E-state index in [0.29, 0.717) is 17.2 Å². The van der Waals surface area contributed by atoms with Crippen LogP contribution in [0.4, 0.5) is 0 Å². The summed E-state index contributed by atoms with van der Waals surface area (Å²) in [4.78, 5) is 22.5. The fraction of sp³-hybridized carbons (Fsp3) is 0.385. The summed E-state index contributed by atoms with van der Waals surface area (Å²) in [6.45, 7) is 3.31. The molecule has 0 saturated carbocycles. The van der Waals surface area contributed by atoms with E-state index in [2.05, 4.69) is 0 Å². The number of ether oxygens (including phenoxy) is 2. The second-order valence-corrected chi connectivity index (χ2v) is 4.10. The van der Waals surface area contributed by atoms with Gasteiger partial charge >= 0.3 is 11.9 Å². The summed E-state index contributed by atoms with van der Waals surface area (Å²) in [5.41, 5.74) is 0.672. The molecule has 0 saturated heterocycles. The van der Waals surface area contributed by atoms with E-state index >= 15 is 0 Å². The molecule has 1 unspecified atom stereocenters. The second kappa shape index (κ2) is 7.01. The Hall–Kier alpha value is -1.55. The lowest BCUT2D eigenvalue weighted by Gasteiger charge is -2.16. The average Bonchev–Trinajstić information content (AvgIpc) is 2.28. The van der Waals surface area contributed by atoms with Gasteiger partial charge in [0.25, 0.3) is 0 Å². The minimum Gasteiger partial charge on any atom is -0.466 e. The molecule has 0 N–H and O–H groups in total. The topological polar surface area (TPSA) is 52.6 Å². The van der Waals surface area contributed by atoms with Crippen LogP contribution in [0.5, 0.6) is 0 Å². The van der Waals surface area contributed by atoms with Gasteiger partial charge in [0.2, 0.25) is 0 Å². The van der Waals surface area contributed by atoms with E-state index in [-0.39, 0.29) is 6.42 Å². The molecule has 1 rings (SSSR count). The SMILES string of the molecule is CCOC(=O)CC(OC(C)=O)c1cccc(Cl)c1. The second-order valence-electron chi connectivity index (χ2n) is 3.66. The Morgan fingerprint density at radius 3 is 2.67 bits per heavy atom. The van der Waals surface area contributed by atoms with Gasteiger partial charge in [-0.05, 0) is 24.6 Å². The number of benzene rings is 1. The van der Waals surface area contributed by atoms with Crippen molar-refractivity contribution in [2.75, 3.05) is 6.61 Å². The summed E-state index contributed by atoms with van der Waals surface area (Å²) in [7, 11) is 0. The summed E-state index contributed by atoms with van der Waals surface area (Å²) in [5, 5.41) is 0.522. The van der Waals surface area contributed by atoms with Crippen LogP contribution in [-0.4, -0.2) is 18.5 Å². The van der Waals surface area contributed by atoms with Crippen LogP contribution in [0.1, 0.15) is 31.9 Å². The van der Waals surface area contributed by atoms with Gasteiger partial charge in [-0.3, -0.25) is 9.59 Å². The van der Waals surface area contributed by atoms with E-state index < -0.39 is 18.0 Å². The van der Waals surface area contributed by atoms with E-state index in [0.717, 1.165) is 0 Å². The highest BCUT2D eigenvalue weighted by atomic mass is 35.5. The van der Waals surface area contributed by atoms with Crippen molar-refractivity contribution in [2.24, 2.45) is 0 Å². The highest BCUT2D eigenvalue weighted by molar-refractivity contribution is 6.30. The highest BCUT2D eigenvalue weighted by Gasteiger charge is 2.20. The van der Waals surface area contributed by atoms with E-state index in [1.54, 1.807) is 31.2 Å². The molecule has 0 bridgehead atoms. The van der Waals surface area contributed by atoms with Crippen LogP contribution < -0.4 is 0 Å². The number of carbonyl (C=O) groups is 2. The fourth-order valence-corrected chi connectivity index (χ4v) is 1.70. The number of hydrogen-bond donors (Lipinski definition) is 0. The number of rotatable bonds is 5. The predicted octanol–water partition coefficient (Wildman–Crippen LogP) is 2.90. The predicted molar refractivity (Wildman–Crippen MR) is 67.2 cm³/mol. The third kappa shape index (κ3) is 4.75. The minimum atomic E-state index is -0.666. The zero-order chi connectivity index (χ0) is 13.5. The maximum Gasteiger partial charge on any atom is 0.309 e. The van der Waals surface area contributed by atoms with Crippen molar-refractivity contribution in [1.82, 2.24) is 0 Å². The van der Waals surface area contributed by atoms with Gasteiger partial charge in [0.1, 0.15) is 6.10 Å². The first-order valence-electron chi connectivity index (χ1n) is 5.61. The highest BCUT2D eigenvalue weighted by Crippen LogP contribution is 2.24. The molecule has 18 heavy (non-hydrogen) atoms. The van der Waals surface area contributed by atoms with Gasteiger partial charge < -0.3 is 9.47 Å². The molecule has 1 aromatic carbocycles. The molecule has 1 atom stereocenters. The van der Waals surface area contributed by atoms with Gasteiger partial charge in [0.15, 0.2) is 0 Å². The molecule has 0 aromatic heterocycles. The Bertz CT molecular complexity index is 431. The normalized spacial score (nSPS) is 11.7. The van der Waals surface area contributed by atoms with Gasteiger partial charge in [-0.25, -0.2) is 0 Å². The minimum absolute atomic E-state index is 0.0201. The average molecular weight is 271 g/mol. The van der Waals surface area contributed by atoms with Gasteiger partial charge in [-0.2, -0.15) is 0 Å². The van der Waals surface area contributed by atoms with Gasteiger partial charge in [-0.15, -0.1) is 0 Å². The van der Waals surface area contributed by atoms with Gasteiger partial charge in [0.05, 0.1) is 13.0 Å². The third-order valence-electron chi connectivity index (χ3n) is 2.19. The Labute approximate surface area is 111 Å². The molecule has 0 aliphatic rings. The van der Waals surface area contributed by atoms with Crippen LogP contribution >= 0.6 is 11.6 Å². The number of esters is 2. The van der Waals surface area contributed by atoms with Crippen LogP contribution in [0.2, 0.25) is 5.02 Å². The molecule has 98 valence electrons. The molecule has 5 heteroatoms. The van der Waals surface area contributed by atoms with Crippen molar-refractivity contribution in [3.05, 3.63) is 34.9 Å². The van der Waals surface area contributed by atoms with Crippen molar-refractivity contribution in [2.45, 2.75) is 26.4 Å². The molecule has 0 spiro atoms. The van der Waals surface area contributed by atoms with Crippen molar-refractivity contribution >= 4 is 23.5 Å².